The van der Waals surface area contributed by atoms with Crippen LogP contribution in [0.25, 0.3) is 0 Å². The summed E-state index contributed by atoms with van der Waals surface area (Å²) >= 11 is 0. The molecule has 1 fully saturated rings. The molecular formula is C15H29N3O2. The number of rotatable bonds is 4. The number of nitrogens with one attached hydrogen (secondary N) is 1. The summed E-state index contributed by atoms with van der Waals surface area (Å²) in [5.41, 5.74) is 5.47. The zero-order chi connectivity index (χ0) is 15.3. The maximum absolute atomic E-state index is 12.2. The molecule has 20 heavy (non-hydrogen) atoms. The minimum absolute atomic E-state index is 0.0625. The van der Waals surface area contributed by atoms with Crippen LogP contribution in [0.5, 0.6) is 0 Å². The standard InChI is InChI=1S/C15H29N3O2/c1-5-6-12(16)13(19)17-11-7-9-18(10-8-11)14(20)15(2,3)4/h11-12H,5-10,16H2,1-4H3,(H,17,19)/t12-/m1/s1. The summed E-state index contributed by atoms with van der Waals surface area (Å²) in [6, 6.07) is -0.260. The lowest BCUT2D eigenvalue weighted by Gasteiger charge is -2.36. The molecule has 0 unspecified atom stereocenters. The largest absolute Gasteiger partial charge is 0.352 e. The highest BCUT2D eigenvalue weighted by molar-refractivity contribution is 5.82. The van der Waals surface area contributed by atoms with Crippen molar-refractivity contribution in [1.82, 2.24) is 10.2 Å². The third-order valence-corrected chi connectivity index (χ3v) is 3.71. The molecule has 1 saturated heterocycles. The van der Waals surface area contributed by atoms with Crippen LogP contribution in [0.2, 0.25) is 0 Å². The molecule has 0 aliphatic carbocycles. The highest BCUT2D eigenvalue weighted by Crippen LogP contribution is 2.21. The van der Waals surface area contributed by atoms with E-state index in [4.69, 9.17) is 5.73 Å². The fourth-order valence-electron chi connectivity index (χ4n) is 2.45. The van der Waals surface area contributed by atoms with Gasteiger partial charge in [0, 0.05) is 24.5 Å². The first-order chi connectivity index (χ1) is 9.25. The molecule has 3 N–H and O–H groups in total. The van der Waals surface area contributed by atoms with Crippen LogP contribution in [0.4, 0.5) is 0 Å². The van der Waals surface area contributed by atoms with Crippen molar-refractivity contribution in [2.75, 3.05) is 13.1 Å². The van der Waals surface area contributed by atoms with Gasteiger partial charge in [-0.2, -0.15) is 0 Å². The summed E-state index contributed by atoms with van der Waals surface area (Å²) in [5, 5.41) is 3.00. The van der Waals surface area contributed by atoms with E-state index in [2.05, 4.69) is 5.32 Å². The fraction of sp³-hybridized carbons (Fsp3) is 0.867. The van der Waals surface area contributed by atoms with Crippen LogP contribution in [-0.4, -0.2) is 41.9 Å². The van der Waals surface area contributed by atoms with Crippen molar-refractivity contribution < 1.29 is 9.59 Å². The molecule has 1 rings (SSSR count). The van der Waals surface area contributed by atoms with E-state index in [0.717, 1.165) is 19.3 Å². The number of carbonyl (C=O) groups excluding carboxylic acids is 2. The second-order valence-electron chi connectivity index (χ2n) is 6.72. The number of carbonyl (C=O) groups is 2. The molecule has 5 heteroatoms. The molecule has 0 aromatic heterocycles. The Morgan fingerprint density at radius 3 is 2.30 bits per heavy atom. The topological polar surface area (TPSA) is 75.4 Å². The van der Waals surface area contributed by atoms with Gasteiger partial charge in [-0.15, -0.1) is 0 Å². The maximum atomic E-state index is 12.2. The molecule has 116 valence electrons. The second kappa shape index (κ2) is 7.07. The van der Waals surface area contributed by atoms with E-state index in [1.807, 2.05) is 32.6 Å². The van der Waals surface area contributed by atoms with Gasteiger partial charge in [-0.05, 0) is 19.3 Å². The van der Waals surface area contributed by atoms with Crippen LogP contribution in [0.3, 0.4) is 0 Å². The SMILES string of the molecule is CCC[C@@H](N)C(=O)NC1CCN(C(=O)C(C)(C)C)CC1. The zero-order valence-electron chi connectivity index (χ0n) is 13.2. The number of hydrogen-bond acceptors (Lipinski definition) is 3. The molecule has 1 atom stereocenters. The number of hydrogen-bond donors (Lipinski definition) is 2. The highest BCUT2D eigenvalue weighted by atomic mass is 16.2. The second-order valence-corrected chi connectivity index (χ2v) is 6.72. The van der Waals surface area contributed by atoms with Crippen LogP contribution in [0, 0.1) is 5.41 Å². The number of piperidine rings is 1. The van der Waals surface area contributed by atoms with Gasteiger partial charge in [0.1, 0.15) is 0 Å². The summed E-state index contributed by atoms with van der Waals surface area (Å²) in [5.74, 6) is 0.123. The molecular weight excluding hydrogens is 254 g/mol. The Hall–Kier alpha value is -1.10. The van der Waals surface area contributed by atoms with Gasteiger partial charge in [-0.1, -0.05) is 34.1 Å². The van der Waals surface area contributed by atoms with Gasteiger partial charge < -0.3 is 16.0 Å². The van der Waals surface area contributed by atoms with Crippen molar-refractivity contribution in [1.29, 1.82) is 0 Å². The molecule has 0 aromatic carbocycles. The molecule has 2 amide bonds. The van der Waals surface area contributed by atoms with Crippen molar-refractivity contribution in [2.24, 2.45) is 11.1 Å². The number of likely N-dealkylation sites (tertiary alicyclic amines) is 1. The Kier molecular flexibility index (Phi) is 5.99. The van der Waals surface area contributed by atoms with Crippen LogP contribution >= 0.6 is 0 Å². The molecule has 0 aromatic rings. The van der Waals surface area contributed by atoms with E-state index in [1.165, 1.54) is 0 Å². The first kappa shape index (κ1) is 17.0. The smallest absolute Gasteiger partial charge is 0.237 e. The van der Waals surface area contributed by atoms with Crippen molar-refractivity contribution in [3.63, 3.8) is 0 Å². The minimum Gasteiger partial charge on any atom is -0.352 e. The average Bonchev–Trinajstić information content (AvgIpc) is 2.38. The van der Waals surface area contributed by atoms with Gasteiger partial charge in [0.2, 0.25) is 11.8 Å². The van der Waals surface area contributed by atoms with Crippen LogP contribution in [0.15, 0.2) is 0 Å². The lowest BCUT2D eigenvalue weighted by molar-refractivity contribution is -0.140. The predicted octanol–water partition coefficient (Wildman–Crippen LogP) is 1.27. The van der Waals surface area contributed by atoms with Crippen LogP contribution in [0.1, 0.15) is 53.4 Å². The zero-order valence-corrected chi connectivity index (χ0v) is 13.2. The highest BCUT2D eigenvalue weighted by Gasteiger charge is 2.31. The van der Waals surface area contributed by atoms with E-state index >= 15 is 0 Å². The molecule has 0 radical (unpaired) electrons. The minimum atomic E-state index is -0.408. The quantitative estimate of drug-likeness (QED) is 0.816. The van der Waals surface area contributed by atoms with Crippen molar-refractivity contribution >= 4 is 11.8 Å². The molecule has 1 heterocycles. The van der Waals surface area contributed by atoms with E-state index < -0.39 is 6.04 Å². The average molecular weight is 283 g/mol. The number of nitrogens with two attached hydrogens (primary N) is 1. The van der Waals surface area contributed by atoms with Gasteiger partial charge in [0.05, 0.1) is 6.04 Å². The van der Waals surface area contributed by atoms with E-state index in [1.54, 1.807) is 0 Å². The monoisotopic (exact) mass is 283 g/mol. The fourth-order valence-corrected chi connectivity index (χ4v) is 2.45. The lowest BCUT2D eigenvalue weighted by Crippen LogP contribution is -2.51. The Labute approximate surface area is 122 Å². The Morgan fingerprint density at radius 2 is 1.85 bits per heavy atom. The van der Waals surface area contributed by atoms with E-state index in [-0.39, 0.29) is 23.3 Å². The van der Waals surface area contributed by atoms with Gasteiger partial charge in [-0.3, -0.25) is 9.59 Å². The van der Waals surface area contributed by atoms with Gasteiger partial charge in [-0.25, -0.2) is 0 Å². The molecule has 1 aliphatic heterocycles. The van der Waals surface area contributed by atoms with Crippen LogP contribution < -0.4 is 11.1 Å². The van der Waals surface area contributed by atoms with E-state index in [9.17, 15) is 9.59 Å². The first-order valence-corrected chi connectivity index (χ1v) is 7.61. The summed E-state index contributed by atoms with van der Waals surface area (Å²) in [4.78, 5) is 25.9. The van der Waals surface area contributed by atoms with Gasteiger partial charge in [0.15, 0.2) is 0 Å². The van der Waals surface area contributed by atoms with Gasteiger partial charge >= 0.3 is 0 Å². The summed E-state index contributed by atoms with van der Waals surface area (Å²) in [6.45, 7) is 9.25. The Balaban J connectivity index is 2.39. The molecule has 5 nitrogen and oxygen atoms in total. The first-order valence-electron chi connectivity index (χ1n) is 7.61. The maximum Gasteiger partial charge on any atom is 0.237 e. The molecule has 0 bridgehead atoms. The number of nitrogens with zero attached hydrogens (tertiary/aromatic N) is 1. The van der Waals surface area contributed by atoms with Gasteiger partial charge in [0.25, 0.3) is 0 Å². The van der Waals surface area contributed by atoms with Crippen molar-refractivity contribution in [3.05, 3.63) is 0 Å². The third kappa shape index (κ3) is 4.78. The molecule has 1 aliphatic rings. The molecule has 0 spiro atoms. The molecule has 0 saturated carbocycles. The van der Waals surface area contributed by atoms with E-state index in [0.29, 0.717) is 19.5 Å². The van der Waals surface area contributed by atoms with Crippen LogP contribution in [-0.2, 0) is 9.59 Å². The van der Waals surface area contributed by atoms with Crippen molar-refractivity contribution in [3.8, 4) is 0 Å². The Bertz CT molecular complexity index is 342. The van der Waals surface area contributed by atoms with Crippen molar-refractivity contribution in [2.45, 2.75) is 65.5 Å². The third-order valence-electron chi connectivity index (χ3n) is 3.71. The summed E-state index contributed by atoms with van der Waals surface area (Å²) in [7, 11) is 0. The summed E-state index contributed by atoms with van der Waals surface area (Å²) in [6.07, 6.45) is 3.25. The Morgan fingerprint density at radius 1 is 1.30 bits per heavy atom. The normalized spacial score (nSPS) is 18.8. The number of amides is 2. The predicted molar refractivity (Wildman–Crippen MR) is 80.1 cm³/mol. The summed E-state index contributed by atoms with van der Waals surface area (Å²) < 4.78 is 0. The lowest BCUT2D eigenvalue weighted by atomic mass is 9.93.